The fourth-order valence-corrected chi connectivity index (χ4v) is 5.77. The Labute approximate surface area is 198 Å². The monoisotopic (exact) mass is 496 g/mol. The molecule has 1 aliphatic rings. The highest BCUT2D eigenvalue weighted by molar-refractivity contribution is 8.24. The summed E-state index contributed by atoms with van der Waals surface area (Å²) in [6, 6.07) is 9.51. The Hall–Kier alpha value is -1.79. The molecule has 0 saturated carbocycles. The average molecular weight is 497 g/mol. The minimum atomic E-state index is -3.09. The van der Waals surface area contributed by atoms with E-state index < -0.39 is 17.0 Å². The number of fused-ring (bicyclic) bond motifs is 2. The molecule has 3 aromatic rings. The predicted molar refractivity (Wildman–Crippen MR) is 133 cm³/mol. The van der Waals surface area contributed by atoms with Crippen molar-refractivity contribution in [3.63, 3.8) is 0 Å². The van der Waals surface area contributed by atoms with Gasteiger partial charge < -0.3 is 14.3 Å². The van der Waals surface area contributed by atoms with Crippen LogP contribution < -0.4 is 9.62 Å². The third-order valence-corrected chi connectivity index (χ3v) is 7.66. The van der Waals surface area contributed by atoms with Gasteiger partial charge in [0.25, 0.3) is 0 Å². The fraction of sp³-hybridized carbons (Fsp3) is 0.391. The van der Waals surface area contributed by atoms with Gasteiger partial charge in [0.05, 0.1) is 24.4 Å². The van der Waals surface area contributed by atoms with E-state index in [2.05, 4.69) is 5.32 Å². The van der Waals surface area contributed by atoms with Crippen molar-refractivity contribution in [2.75, 3.05) is 36.2 Å². The second kappa shape index (κ2) is 9.46. The lowest BCUT2D eigenvalue weighted by molar-refractivity contribution is 0.0200. The molecule has 1 aliphatic heterocycles. The molecule has 0 radical (unpaired) electrons. The number of furan rings is 1. The molecule has 0 fully saturated rings. The van der Waals surface area contributed by atoms with Gasteiger partial charge in [-0.25, -0.2) is 4.39 Å². The van der Waals surface area contributed by atoms with Crippen LogP contribution in [0.2, 0.25) is 0 Å². The minimum absolute atomic E-state index is 0.197. The summed E-state index contributed by atoms with van der Waals surface area (Å²) in [4.78, 5) is 0. The first-order valence-corrected chi connectivity index (χ1v) is 13.8. The number of hydrogen-bond donors (Lipinski definition) is 4. The number of aliphatic hydroxyl groups excluding tert-OH is 1. The normalized spacial score (nSPS) is 20.5. The van der Waals surface area contributed by atoms with Gasteiger partial charge in [0.2, 0.25) is 0 Å². The van der Waals surface area contributed by atoms with Crippen LogP contribution >= 0.6 is 22.5 Å². The van der Waals surface area contributed by atoms with E-state index in [-0.39, 0.29) is 18.0 Å². The first-order valence-electron chi connectivity index (χ1n) is 10.5. The molecular weight excluding hydrogens is 467 g/mol. The quantitative estimate of drug-likeness (QED) is 0.338. The van der Waals surface area contributed by atoms with Crippen LogP contribution in [0.5, 0.6) is 0 Å². The summed E-state index contributed by atoms with van der Waals surface area (Å²) in [7, 11) is -1.46. The second-order valence-corrected chi connectivity index (χ2v) is 11.1. The fourth-order valence-electron chi connectivity index (χ4n) is 4.23. The van der Waals surface area contributed by atoms with Crippen molar-refractivity contribution < 1.29 is 27.8 Å². The van der Waals surface area contributed by atoms with E-state index >= 15 is 0 Å². The third kappa shape index (κ3) is 4.74. The Morgan fingerprint density at radius 2 is 1.97 bits per heavy atom. The van der Waals surface area contributed by atoms with E-state index in [9.17, 15) is 18.6 Å². The number of thioether (sulfide) groups is 1. The lowest BCUT2D eigenvalue weighted by Crippen LogP contribution is -2.35. The number of ether oxygens (including phenoxy) is 1. The summed E-state index contributed by atoms with van der Waals surface area (Å²) < 4.78 is 48.8. The Morgan fingerprint density at radius 3 is 2.58 bits per heavy atom. The molecule has 2 aromatic carbocycles. The molecule has 2 heterocycles. The van der Waals surface area contributed by atoms with Crippen LogP contribution in [0.1, 0.15) is 30.4 Å². The zero-order chi connectivity index (χ0) is 23.9. The van der Waals surface area contributed by atoms with Crippen LogP contribution in [-0.2, 0) is 4.74 Å². The molecule has 1 aromatic heterocycles. The van der Waals surface area contributed by atoms with Crippen LogP contribution in [0.25, 0.3) is 22.3 Å². The van der Waals surface area contributed by atoms with Gasteiger partial charge in [0.15, 0.2) is 0 Å². The van der Waals surface area contributed by atoms with E-state index in [1.165, 1.54) is 18.4 Å². The van der Waals surface area contributed by atoms with Crippen molar-refractivity contribution in [3.8, 4) is 11.3 Å². The van der Waals surface area contributed by atoms with Crippen LogP contribution in [0, 0.1) is 5.82 Å². The molecule has 3 atom stereocenters. The van der Waals surface area contributed by atoms with E-state index in [4.69, 9.17) is 9.15 Å². The van der Waals surface area contributed by atoms with Crippen LogP contribution in [0.15, 0.2) is 40.8 Å². The summed E-state index contributed by atoms with van der Waals surface area (Å²) in [5.74, 6) is 0.751. The van der Waals surface area contributed by atoms with Crippen LogP contribution in [0.4, 0.5) is 10.1 Å². The molecule has 0 saturated heterocycles. The van der Waals surface area contributed by atoms with Gasteiger partial charge in [0, 0.05) is 40.2 Å². The summed E-state index contributed by atoms with van der Waals surface area (Å²) in [6.45, 7) is 2.25. The smallest absolute Gasteiger partial charge is 0.142 e. The van der Waals surface area contributed by atoms with Gasteiger partial charge in [-0.2, -0.15) is 11.8 Å². The number of nitrogens with one attached hydrogen (secondary N) is 1. The summed E-state index contributed by atoms with van der Waals surface area (Å²) in [6.07, 6.45) is 1.83. The van der Waals surface area contributed by atoms with Gasteiger partial charge in [-0.3, -0.25) is 18.7 Å². The lowest BCUT2D eigenvalue weighted by atomic mass is 10.00. The maximum absolute atomic E-state index is 13.5. The molecule has 0 amide bonds. The molecule has 10 heteroatoms. The standard InChI is InChI=1S/C23H29FN2O5S2/c1-13-17-9-18-20(10-19(17)26(33(4,28)29)11-16(30-13)12-32-3)31-22(21(18)23(27)25-2)14-5-7-15(24)8-6-14/h5-10,13,16,23,25,27-29H,11-12H2,1-4H3. The average Bonchev–Trinajstić information content (AvgIpc) is 3.07. The molecule has 4 rings (SSSR count). The molecule has 3 unspecified atom stereocenters. The summed E-state index contributed by atoms with van der Waals surface area (Å²) in [5, 5.41) is 14.3. The summed E-state index contributed by atoms with van der Waals surface area (Å²) >= 11 is 1.63. The number of nitrogens with zero attached hydrogens (tertiary/aromatic N) is 1. The van der Waals surface area contributed by atoms with Gasteiger partial charge >= 0.3 is 0 Å². The van der Waals surface area contributed by atoms with Crippen molar-refractivity contribution in [1.29, 1.82) is 0 Å². The minimum Gasteiger partial charge on any atom is -0.456 e. The van der Waals surface area contributed by atoms with Gasteiger partial charge in [-0.05, 0) is 50.6 Å². The van der Waals surface area contributed by atoms with Gasteiger partial charge in [-0.15, -0.1) is 10.8 Å². The number of halogens is 1. The van der Waals surface area contributed by atoms with E-state index in [1.54, 1.807) is 41.3 Å². The van der Waals surface area contributed by atoms with Gasteiger partial charge in [-0.1, -0.05) is 0 Å². The van der Waals surface area contributed by atoms with E-state index in [0.717, 1.165) is 5.56 Å². The molecule has 0 bridgehead atoms. The molecule has 33 heavy (non-hydrogen) atoms. The van der Waals surface area contributed by atoms with Crippen molar-refractivity contribution >= 4 is 39.2 Å². The molecule has 7 nitrogen and oxygen atoms in total. The first-order chi connectivity index (χ1) is 15.6. The largest absolute Gasteiger partial charge is 0.456 e. The van der Waals surface area contributed by atoms with Crippen molar-refractivity contribution in [2.45, 2.75) is 25.4 Å². The highest BCUT2D eigenvalue weighted by Gasteiger charge is 2.33. The summed E-state index contributed by atoms with van der Waals surface area (Å²) in [5.41, 5.74) is 3.00. The first kappa shape index (κ1) is 24.3. The van der Waals surface area contributed by atoms with Crippen LogP contribution in [0.3, 0.4) is 0 Å². The van der Waals surface area contributed by atoms with E-state index in [0.29, 0.717) is 45.8 Å². The van der Waals surface area contributed by atoms with Crippen LogP contribution in [-0.4, -0.2) is 52.2 Å². The van der Waals surface area contributed by atoms with Crippen molar-refractivity contribution in [3.05, 3.63) is 53.3 Å². The lowest BCUT2D eigenvalue weighted by Gasteiger charge is -2.42. The number of hydrogen-bond acceptors (Lipinski definition) is 8. The number of aliphatic hydroxyl groups is 1. The topological polar surface area (TPSA) is 98.3 Å². The third-order valence-electron chi connectivity index (χ3n) is 5.77. The van der Waals surface area contributed by atoms with Crippen molar-refractivity contribution in [2.24, 2.45) is 0 Å². The predicted octanol–water partition coefficient (Wildman–Crippen LogP) is 5.37. The molecular formula is C23H29FN2O5S2. The molecule has 4 N–H and O–H groups in total. The second-order valence-electron chi connectivity index (χ2n) is 8.16. The number of anilines is 1. The Morgan fingerprint density at radius 1 is 1.27 bits per heavy atom. The number of benzene rings is 2. The Balaban J connectivity index is 1.95. The molecule has 0 spiro atoms. The maximum Gasteiger partial charge on any atom is 0.142 e. The van der Waals surface area contributed by atoms with Crippen molar-refractivity contribution in [1.82, 2.24) is 5.32 Å². The Kier molecular flexibility index (Phi) is 6.97. The number of rotatable bonds is 6. The van der Waals surface area contributed by atoms with E-state index in [1.807, 2.05) is 19.2 Å². The highest BCUT2D eigenvalue weighted by Crippen LogP contribution is 2.50. The highest BCUT2D eigenvalue weighted by atomic mass is 32.3. The Bertz CT molecular complexity index is 1130. The molecule has 180 valence electrons. The van der Waals surface area contributed by atoms with Gasteiger partial charge in [0.1, 0.15) is 23.4 Å². The maximum atomic E-state index is 13.5. The zero-order valence-electron chi connectivity index (χ0n) is 18.9. The molecule has 0 aliphatic carbocycles. The SMILES string of the molecule is CNC(O)c1c(-c2ccc(F)cc2)oc2cc3c(cc12)C(C)OC(CSC)CN3S(C)(O)O. The zero-order valence-corrected chi connectivity index (χ0v) is 20.5.